The summed E-state index contributed by atoms with van der Waals surface area (Å²) in [6.45, 7) is 2.02. The fraction of sp³-hybridized carbons (Fsp3) is 0.111. The van der Waals surface area contributed by atoms with Crippen molar-refractivity contribution in [2.75, 3.05) is 0 Å². The third-order valence-electron chi connectivity index (χ3n) is 1.71. The van der Waals surface area contributed by atoms with Crippen LogP contribution in [0.3, 0.4) is 0 Å². The molecule has 2 rings (SSSR count). The number of benzene rings is 1. The highest BCUT2D eigenvalue weighted by Crippen LogP contribution is 2.17. The van der Waals surface area contributed by atoms with Gasteiger partial charge in [0.15, 0.2) is 0 Å². The van der Waals surface area contributed by atoms with Crippen LogP contribution >= 0.6 is 11.6 Å². The van der Waals surface area contributed by atoms with Crippen LogP contribution in [0.2, 0.25) is 5.35 Å². The molecule has 0 spiro atoms. The van der Waals surface area contributed by atoms with Gasteiger partial charge in [0.1, 0.15) is 0 Å². The van der Waals surface area contributed by atoms with Crippen LogP contribution in [0, 0.1) is 6.92 Å². The largest absolute Gasteiger partial charge is 0.321 e. The van der Waals surface area contributed by atoms with Gasteiger partial charge in [0.2, 0.25) is 5.82 Å². The zero-order chi connectivity index (χ0) is 9.26. The first kappa shape index (κ1) is 8.26. The molecule has 0 aliphatic rings. The summed E-state index contributed by atoms with van der Waals surface area (Å²) in [5, 5.41) is 3.76. The molecule has 0 saturated carbocycles. The number of nitrogens with zero attached hydrogens (tertiary/aromatic N) is 2. The number of rotatable bonds is 1. The topological polar surface area (TPSA) is 38.9 Å². The van der Waals surface area contributed by atoms with Crippen molar-refractivity contribution in [1.82, 2.24) is 10.1 Å². The zero-order valence-corrected chi connectivity index (χ0v) is 7.75. The van der Waals surface area contributed by atoms with E-state index in [1.54, 1.807) is 0 Å². The molecule has 1 aromatic heterocycles. The monoisotopic (exact) mass is 194 g/mol. The van der Waals surface area contributed by atoms with Crippen molar-refractivity contribution in [3.8, 4) is 11.4 Å². The van der Waals surface area contributed by atoms with Gasteiger partial charge in [-0.2, -0.15) is 4.98 Å². The van der Waals surface area contributed by atoms with Crippen LogP contribution in [0.25, 0.3) is 11.4 Å². The fourth-order valence-electron chi connectivity index (χ4n) is 1.02. The van der Waals surface area contributed by atoms with Crippen LogP contribution in [-0.4, -0.2) is 10.1 Å². The lowest BCUT2D eigenvalue weighted by Crippen LogP contribution is -1.79. The molecule has 0 aliphatic carbocycles. The predicted molar refractivity (Wildman–Crippen MR) is 49.5 cm³/mol. The number of hydrogen-bond donors (Lipinski definition) is 0. The van der Waals surface area contributed by atoms with Crippen LogP contribution in [-0.2, 0) is 0 Å². The van der Waals surface area contributed by atoms with Gasteiger partial charge in [0.25, 0.3) is 0 Å². The first-order valence-electron chi connectivity index (χ1n) is 3.82. The SMILES string of the molecule is Cc1ccc(-c2noc(Cl)n2)cc1. The Morgan fingerprint density at radius 3 is 2.46 bits per heavy atom. The van der Waals surface area contributed by atoms with E-state index >= 15 is 0 Å². The van der Waals surface area contributed by atoms with Gasteiger partial charge in [-0.1, -0.05) is 35.0 Å². The molecule has 4 heteroatoms. The van der Waals surface area contributed by atoms with Crippen molar-refractivity contribution in [1.29, 1.82) is 0 Å². The molecule has 66 valence electrons. The molecular weight excluding hydrogens is 188 g/mol. The lowest BCUT2D eigenvalue weighted by atomic mass is 10.1. The third kappa shape index (κ3) is 1.70. The van der Waals surface area contributed by atoms with Gasteiger partial charge in [-0.25, -0.2) is 0 Å². The Morgan fingerprint density at radius 1 is 1.23 bits per heavy atom. The maximum Gasteiger partial charge on any atom is 0.320 e. The summed E-state index contributed by atoms with van der Waals surface area (Å²) in [5.74, 6) is 0.519. The second-order valence-corrected chi connectivity index (χ2v) is 3.06. The van der Waals surface area contributed by atoms with E-state index in [0.717, 1.165) is 5.56 Å². The Hall–Kier alpha value is -1.35. The minimum absolute atomic E-state index is 0.0653. The van der Waals surface area contributed by atoms with Crippen LogP contribution < -0.4 is 0 Å². The normalized spacial score (nSPS) is 10.3. The third-order valence-corrected chi connectivity index (χ3v) is 1.86. The molecule has 0 fully saturated rings. The minimum Gasteiger partial charge on any atom is -0.321 e. The van der Waals surface area contributed by atoms with E-state index in [0.29, 0.717) is 5.82 Å². The molecular formula is C9H7ClN2O. The zero-order valence-electron chi connectivity index (χ0n) is 6.99. The van der Waals surface area contributed by atoms with Gasteiger partial charge < -0.3 is 4.52 Å². The quantitative estimate of drug-likeness (QED) is 0.701. The second-order valence-electron chi connectivity index (χ2n) is 2.74. The molecule has 0 saturated heterocycles. The molecule has 0 amide bonds. The van der Waals surface area contributed by atoms with E-state index in [4.69, 9.17) is 11.6 Å². The highest BCUT2D eigenvalue weighted by atomic mass is 35.5. The maximum absolute atomic E-state index is 5.50. The molecule has 0 atom stereocenters. The van der Waals surface area contributed by atoms with Crippen LogP contribution in [0.4, 0.5) is 0 Å². The Bertz CT molecular complexity index is 408. The maximum atomic E-state index is 5.50. The molecule has 0 radical (unpaired) electrons. The summed E-state index contributed by atoms with van der Waals surface area (Å²) in [5.41, 5.74) is 2.10. The first-order valence-corrected chi connectivity index (χ1v) is 4.20. The second kappa shape index (κ2) is 3.18. The van der Waals surface area contributed by atoms with E-state index in [1.807, 2.05) is 31.2 Å². The van der Waals surface area contributed by atoms with Crippen molar-refractivity contribution in [2.45, 2.75) is 6.92 Å². The van der Waals surface area contributed by atoms with Crippen molar-refractivity contribution in [3.05, 3.63) is 35.2 Å². The minimum atomic E-state index is 0.0653. The summed E-state index contributed by atoms with van der Waals surface area (Å²) in [7, 11) is 0. The van der Waals surface area contributed by atoms with Gasteiger partial charge >= 0.3 is 5.35 Å². The van der Waals surface area contributed by atoms with Crippen LogP contribution in [0.15, 0.2) is 28.8 Å². The molecule has 0 unspecified atom stereocenters. The van der Waals surface area contributed by atoms with Crippen molar-refractivity contribution in [3.63, 3.8) is 0 Å². The van der Waals surface area contributed by atoms with E-state index in [-0.39, 0.29) is 5.35 Å². The van der Waals surface area contributed by atoms with E-state index < -0.39 is 0 Å². The van der Waals surface area contributed by atoms with Gasteiger partial charge in [-0.05, 0) is 18.5 Å². The summed E-state index contributed by atoms with van der Waals surface area (Å²) in [4.78, 5) is 3.90. The Kier molecular flexibility index (Phi) is 2.02. The summed E-state index contributed by atoms with van der Waals surface area (Å²) in [6, 6.07) is 7.83. The van der Waals surface area contributed by atoms with Crippen molar-refractivity contribution < 1.29 is 4.52 Å². The van der Waals surface area contributed by atoms with Crippen molar-refractivity contribution >= 4 is 11.6 Å². The Balaban J connectivity index is 2.41. The van der Waals surface area contributed by atoms with E-state index in [1.165, 1.54) is 5.56 Å². The van der Waals surface area contributed by atoms with Crippen molar-refractivity contribution in [2.24, 2.45) is 0 Å². The Morgan fingerprint density at radius 2 is 1.92 bits per heavy atom. The summed E-state index contributed by atoms with van der Waals surface area (Å²) >= 11 is 5.50. The van der Waals surface area contributed by atoms with E-state index in [2.05, 4.69) is 14.7 Å². The highest BCUT2D eigenvalue weighted by Gasteiger charge is 2.05. The molecule has 0 bridgehead atoms. The summed E-state index contributed by atoms with van der Waals surface area (Å²) < 4.78 is 4.65. The van der Waals surface area contributed by atoms with Gasteiger partial charge in [-0.3, -0.25) is 0 Å². The van der Waals surface area contributed by atoms with Gasteiger partial charge in [0.05, 0.1) is 0 Å². The molecule has 3 nitrogen and oxygen atoms in total. The average Bonchev–Trinajstić information content (AvgIpc) is 2.53. The number of hydrogen-bond acceptors (Lipinski definition) is 3. The first-order chi connectivity index (χ1) is 6.25. The average molecular weight is 195 g/mol. The number of halogens is 1. The molecule has 0 N–H and O–H groups in total. The molecule has 2 aromatic rings. The lowest BCUT2D eigenvalue weighted by molar-refractivity contribution is 0.421. The lowest BCUT2D eigenvalue weighted by Gasteiger charge is -1.93. The summed E-state index contributed by atoms with van der Waals surface area (Å²) in [6.07, 6.45) is 0. The number of aryl methyl sites for hydroxylation is 1. The van der Waals surface area contributed by atoms with Gasteiger partial charge in [-0.15, -0.1) is 0 Å². The standard InChI is InChI=1S/C9H7ClN2O/c1-6-2-4-7(5-3-6)8-11-9(10)13-12-8/h2-5H,1H3. The fourth-order valence-corrected chi connectivity index (χ4v) is 1.14. The predicted octanol–water partition coefficient (Wildman–Crippen LogP) is 2.70. The Labute approximate surface area is 80.3 Å². The van der Waals surface area contributed by atoms with Gasteiger partial charge in [0, 0.05) is 5.56 Å². The highest BCUT2D eigenvalue weighted by molar-refractivity contribution is 6.27. The van der Waals surface area contributed by atoms with Crippen LogP contribution in [0.1, 0.15) is 5.56 Å². The van der Waals surface area contributed by atoms with Crippen LogP contribution in [0.5, 0.6) is 0 Å². The molecule has 1 heterocycles. The number of aromatic nitrogens is 2. The molecule has 1 aromatic carbocycles. The van der Waals surface area contributed by atoms with E-state index in [9.17, 15) is 0 Å². The molecule has 13 heavy (non-hydrogen) atoms. The smallest absolute Gasteiger partial charge is 0.320 e. The molecule has 0 aliphatic heterocycles.